The second-order valence-electron chi connectivity index (χ2n) is 2.86. The number of aryl methyl sites for hydroxylation is 1. The summed E-state index contributed by atoms with van der Waals surface area (Å²) in [5.41, 5.74) is 2.09. The van der Waals surface area contributed by atoms with Gasteiger partial charge < -0.3 is 9.47 Å². The molecule has 78 valence electrons. The zero-order valence-electron chi connectivity index (χ0n) is 8.30. The minimum Gasteiger partial charge on any atom is -0.496 e. The molecule has 0 amide bonds. The van der Waals surface area contributed by atoms with E-state index in [0.717, 1.165) is 22.6 Å². The van der Waals surface area contributed by atoms with Gasteiger partial charge in [-0.3, -0.25) is 0 Å². The van der Waals surface area contributed by atoms with Crippen molar-refractivity contribution in [3.05, 3.63) is 23.3 Å². The molecule has 0 saturated heterocycles. The van der Waals surface area contributed by atoms with E-state index >= 15 is 0 Å². The molecule has 0 bridgehead atoms. The summed E-state index contributed by atoms with van der Waals surface area (Å²) in [7, 11) is 3.32. The van der Waals surface area contributed by atoms with Gasteiger partial charge in [0.25, 0.3) is 0 Å². The minimum atomic E-state index is 0.0689. The van der Waals surface area contributed by atoms with E-state index in [1.807, 2.05) is 19.1 Å². The predicted molar refractivity (Wildman–Crippen MR) is 64.9 cm³/mol. The molecular formula is C10H12Br2O2. The van der Waals surface area contributed by atoms with Crippen molar-refractivity contribution < 1.29 is 9.47 Å². The van der Waals surface area contributed by atoms with Crippen LogP contribution in [0.1, 0.15) is 14.9 Å². The normalized spacial score (nSPS) is 10.4. The summed E-state index contributed by atoms with van der Waals surface area (Å²) < 4.78 is 10.6. The number of alkyl halides is 2. The van der Waals surface area contributed by atoms with E-state index in [1.165, 1.54) is 0 Å². The van der Waals surface area contributed by atoms with Crippen molar-refractivity contribution in [2.24, 2.45) is 0 Å². The van der Waals surface area contributed by atoms with Gasteiger partial charge in [0.2, 0.25) is 0 Å². The van der Waals surface area contributed by atoms with Gasteiger partial charge in [0.15, 0.2) is 0 Å². The first-order valence-electron chi connectivity index (χ1n) is 4.10. The third-order valence-electron chi connectivity index (χ3n) is 1.98. The van der Waals surface area contributed by atoms with E-state index in [1.54, 1.807) is 14.2 Å². The molecule has 0 radical (unpaired) electrons. The Balaban J connectivity index is 3.25. The molecule has 0 spiro atoms. The minimum absolute atomic E-state index is 0.0689. The summed E-state index contributed by atoms with van der Waals surface area (Å²) in [6, 6.07) is 3.92. The number of hydrogen-bond donors (Lipinski definition) is 0. The number of rotatable bonds is 3. The highest BCUT2D eigenvalue weighted by Crippen LogP contribution is 2.39. The Kier molecular flexibility index (Phi) is 4.26. The van der Waals surface area contributed by atoms with Crippen molar-refractivity contribution >= 4 is 31.9 Å². The third-order valence-corrected chi connectivity index (χ3v) is 2.97. The molecule has 0 unspecified atom stereocenters. The Hall–Kier alpha value is -0.220. The molecule has 1 aromatic carbocycles. The first-order chi connectivity index (χ1) is 6.60. The molecular weight excluding hydrogens is 312 g/mol. The van der Waals surface area contributed by atoms with E-state index in [9.17, 15) is 0 Å². The second kappa shape index (κ2) is 5.03. The Morgan fingerprint density at radius 2 is 1.64 bits per heavy atom. The van der Waals surface area contributed by atoms with Gasteiger partial charge in [-0.25, -0.2) is 0 Å². The molecule has 1 rings (SSSR count). The van der Waals surface area contributed by atoms with Crippen LogP contribution in [0.5, 0.6) is 11.5 Å². The molecule has 0 aromatic heterocycles. The smallest absolute Gasteiger partial charge is 0.124 e. The average molecular weight is 324 g/mol. The van der Waals surface area contributed by atoms with Gasteiger partial charge in [-0.2, -0.15) is 0 Å². The monoisotopic (exact) mass is 322 g/mol. The zero-order chi connectivity index (χ0) is 10.7. The Labute approximate surface area is 101 Å². The first kappa shape index (κ1) is 11.9. The lowest BCUT2D eigenvalue weighted by atomic mass is 10.1. The fourth-order valence-electron chi connectivity index (χ4n) is 1.24. The van der Waals surface area contributed by atoms with Gasteiger partial charge in [0.05, 0.1) is 18.0 Å². The molecule has 0 aliphatic rings. The Morgan fingerprint density at radius 1 is 1.07 bits per heavy atom. The van der Waals surface area contributed by atoms with Gasteiger partial charge in [-0.1, -0.05) is 31.9 Å². The molecule has 0 heterocycles. The largest absolute Gasteiger partial charge is 0.496 e. The topological polar surface area (TPSA) is 18.5 Å². The maximum absolute atomic E-state index is 5.27. The van der Waals surface area contributed by atoms with Crippen LogP contribution in [0.3, 0.4) is 0 Å². The first-order valence-corrected chi connectivity index (χ1v) is 5.94. The van der Waals surface area contributed by atoms with Crippen LogP contribution in [-0.4, -0.2) is 14.2 Å². The van der Waals surface area contributed by atoms with Crippen LogP contribution in [0.4, 0.5) is 0 Å². The fourth-order valence-corrected chi connectivity index (χ4v) is 1.96. The van der Waals surface area contributed by atoms with Crippen LogP contribution in [0.15, 0.2) is 12.1 Å². The standard InChI is InChI=1S/C10H12Br2O2/c1-6-4-9(14-3)7(10(11)12)5-8(6)13-2/h4-5,10H,1-3H3. The number of benzene rings is 1. The van der Waals surface area contributed by atoms with E-state index in [4.69, 9.17) is 9.47 Å². The fraction of sp³-hybridized carbons (Fsp3) is 0.400. The van der Waals surface area contributed by atoms with E-state index in [2.05, 4.69) is 31.9 Å². The molecule has 1 aromatic rings. The van der Waals surface area contributed by atoms with E-state index < -0.39 is 0 Å². The highest BCUT2D eigenvalue weighted by Gasteiger charge is 2.13. The van der Waals surface area contributed by atoms with Crippen molar-refractivity contribution in [3.63, 3.8) is 0 Å². The molecule has 0 saturated carbocycles. The van der Waals surface area contributed by atoms with Gasteiger partial charge in [0.1, 0.15) is 11.5 Å². The van der Waals surface area contributed by atoms with Crippen molar-refractivity contribution in [2.45, 2.75) is 10.7 Å². The maximum Gasteiger partial charge on any atom is 0.124 e. The number of hydrogen-bond acceptors (Lipinski definition) is 2. The lowest BCUT2D eigenvalue weighted by molar-refractivity contribution is 0.398. The molecule has 0 fully saturated rings. The SMILES string of the molecule is COc1cc(C(Br)Br)c(OC)cc1C. The second-order valence-corrected chi connectivity index (χ2v) is 5.92. The predicted octanol–water partition coefficient (Wildman–Crippen LogP) is 3.80. The van der Waals surface area contributed by atoms with Crippen LogP contribution in [-0.2, 0) is 0 Å². The molecule has 14 heavy (non-hydrogen) atoms. The van der Waals surface area contributed by atoms with Crippen molar-refractivity contribution in [3.8, 4) is 11.5 Å². The molecule has 2 nitrogen and oxygen atoms in total. The van der Waals surface area contributed by atoms with E-state index in [0.29, 0.717) is 0 Å². The van der Waals surface area contributed by atoms with Gasteiger partial charge >= 0.3 is 0 Å². The summed E-state index contributed by atoms with van der Waals surface area (Å²) in [5, 5.41) is 0. The van der Waals surface area contributed by atoms with Gasteiger partial charge in [-0.15, -0.1) is 0 Å². The van der Waals surface area contributed by atoms with Gasteiger partial charge in [0, 0.05) is 5.56 Å². The summed E-state index contributed by atoms with van der Waals surface area (Å²) in [4.78, 5) is 0. The zero-order valence-corrected chi connectivity index (χ0v) is 11.5. The summed E-state index contributed by atoms with van der Waals surface area (Å²) in [5.74, 6) is 1.71. The van der Waals surface area contributed by atoms with Crippen LogP contribution >= 0.6 is 31.9 Å². The number of methoxy groups -OCH3 is 2. The summed E-state index contributed by atoms with van der Waals surface area (Å²) in [6.07, 6.45) is 0. The summed E-state index contributed by atoms with van der Waals surface area (Å²) in [6.45, 7) is 1.99. The number of halogens is 2. The Morgan fingerprint density at radius 3 is 2.07 bits per heavy atom. The highest BCUT2D eigenvalue weighted by atomic mass is 79.9. The molecule has 0 aliphatic heterocycles. The molecule has 0 aliphatic carbocycles. The quantitative estimate of drug-likeness (QED) is 0.788. The van der Waals surface area contributed by atoms with Crippen molar-refractivity contribution in [1.29, 1.82) is 0 Å². The van der Waals surface area contributed by atoms with Crippen molar-refractivity contribution in [2.75, 3.05) is 14.2 Å². The Bertz CT molecular complexity index is 324. The van der Waals surface area contributed by atoms with Crippen LogP contribution < -0.4 is 9.47 Å². The van der Waals surface area contributed by atoms with Crippen molar-refractivity contribution in [1.82, 2.24) is 0 Å². The molecule has 0 atom stereocenters. The third kappa shape index (κ3) is 2.42. The maximum atomic E-state index is 5.27. The lowest BCUT2D eigenvalue weighted by Crippen LogP contribution is -1.95. The number of ether oxygens (including phenoxy) is 2. The highest BCUT2D eigenvalue weighted by molar-refractivity contribution is 9.24. The average Bonchev–Trinajstić information content (AvgIpc) is 2.16. The summed E-state index contributed by atoms with van der Waals surface area (Å²) >= 11 is 6.89. The van der Waals surface area contributed by atoms with Crippen LogP contribution in [0.2, 0.25) is 0 Å². The molecule has 4 heteroatoms. The van der Waals surface area contributed by atoms with Crippen LogP contribution in [0.25, 0.3) is 0 Å². The van der Waals surface area contributed by atoms with E-state index in [-0.39, 0.29) is 3.74 Å². The lowest BCUT2D eigenvalue weighted by Gasteiger charge is -2.13. The van der Waals surface area contributed by atoms with Gasteiger partial charge in [-0.05, 0) is 24.6 Å². The molecule has 0 N–H and O–H groups in total. The van der Waals surface area contributed by atoms with Crippen LogP contribution in [0, 0.1) is 6.92 Å².